The van der Waals surface area contributed by atoms with Gasteiger partial charge >= 0.3 is 0 Å². The number of hydrogen-bond acceptors (Lipinski definition) is 1. The van der Waals surface area contributed by atoms with Gasteiger partial charge in [-0.15, -0.1) is 0 Å². The van der Waals surface area contributed by atoms with Crippen LogP contribution >= 0.6 is 0 Å². The van der Waals surface area contributed by atoms with Crippen molar-refractivity contribution in [1.29, 1.82) is 0 Å². The van der Waals surface area contributed by atoms with Crippen LogP contribution in [0.1, 0.15) is 45.2 Å². The van der Waals surface area contributed by atoms with Gasteiger partial charge in [0.05, 0.1) is 0 Å². The van der Waals surface area contributed by atoms with Crippen LogP contribution in [0.15, 0.2) is 24.3 Å². The molecule has 0 aliphatic rings. The molecule has 2 N–H and O–H groups in total. The Balaban J connectivity index is 2.72. The molecule has 1 atom stereocenters. The topological polar surface area (TPSA) is 26.0 Å². The molecule has 0 spiro atoms. The van der Waals surface area contributed by atoms with Gasteiger partial charge in [-0.25, -0.2) is 0 Å². The summed E-state index contributed by atoms with van der Waals surface area (Å²) in [4.78, 5) is 0. The molecule has 1 aromatic rings. The number of nitrogens with two attached hydrogens (primary N) is 1. The molecule has 90 valence electrons. The zero-order valence-corrected chi connectivity index (χ0v) is 11.1. The van der Waals surface area contributed by atoms with Crippen LogP contribution in [0.25, 0.3) is 0 Å². The molecule has 0 aliphatic carbocycles. The van der Waals surface area contributed by atoms with E-state index in [9.17, 15) is 0 Å². The van der Waals surface area contributed by atoms with E-state index in [1.54, 1.807) is 0 Å². The van der Waals surface area contributed by atoms with Gasteiger partial charge in [-0.1, -0.05) is 58.4 Å². The van der Waals surface area contributed by atoms with Crippen LogP contribution in [0.2, 0.25) is 0 Å². The maximum Gasteiger partial charge on any atom is -0.00458 e. The first-order chi connectivity index (χ1) is 7.47. The summed E-state index contributed by atoms with van der Waals surface area (Å²) in [6, 6.07) is 8.99. The van der Waals surface area contributed by atoms with Crippen molar-refractivity contribution in [1.82, 2.24) is 0 Å². The second-order valence-electron chi connectivity index (χ2n) is 5.66. The van der Waals surface area contributed by atoms with E-state index in [0.29, 0.717) is 5.92 Å². The minimum atomic E-state index is 0.247. The van der Waals surface area contributed by atoms with E-state index in [2.05, 4.69) is 52.0 Å². The summed E-state index contributed by atoms with van der Waals surface area (Å²) in [5.74, 6) is 0.625. The lowest BCUT2D eigenvalue weighted by atomic mass is 9.86. The van der Waals surface area contributed by atoms with Crippen LogP contribution in [-0.2, 0) is 11.8 Å². The summed E-state index contributed by atoms with van der Waals surface area (Å²) in [7, 11) is 0. The molecule has 0 fully saturated rings. The first-order valence-electron chi connectivity index (χ1n) is 6.27. The molecular weight excluding hydrogens is 194 g/mol. The fourth-order valence-electron chi connectivity index (χ4n) is 1.87. The van der Waals surface area contributed by atoms with Gasteiger partial charge in [0.25, 0.3) is 0 Å². The van der Waals surface area contributed by atoms with Crippen LogP contribution in [0.3, 0.4) is 0 Å². The Labute approximate surface area is 100 Å². The van der Waals surface area contributed by atoms with Gasteiger partial charge in [0.2, 0.25) is 0 Å². The molecule has 0 aromatic heterocycles. The van der Waals surface area contributed by atoms with Crippen molar-refractivity contribution in [3.63, 3.8) is 0 Å². The number of hydrogen-bond donors (Lipinski definition) is 1. The molecule has 1 unspecified atom stereocenters. The molecular formula is C15H25N. The third-order valence-corrected chi connectivity index (χ3v) is 3.26. The molecule has 0 aliphatic heterocycles. The Morgan fingerprint density at radius 3 is 2.06 bits per heavy atom. The van der Waals surface area contributed by atoms with Gasteiger partial charge in [-0.3, -0.25) is 0 Å². The Morgan fingerprint density at radius 2 is 1.69 bits per heavy atom. The van der Waals surface area contributed by atoms with E-state index in [0.717, 1.165) is 19.4 Å². The lowest BCUT2D eigenvalue weighted by Crippen LogP contribution is -2.16. The first kappa shape index (κ1) is 13.2. The van der Waals surface area contributed by atoms with Gasteiger partial charge in [-0.2, -0.15) is 0 Å². The molecule has 0 amide bonds. The van der Waals surface area contributed by atoms with Gasteiger partial charge in [0.15, 0.2) is 0 Å². The molecule has 16 heavy (non-hydrogen) atoms. The predicted molar refractivity (Wildman–Crippen MR) is 71.7 cm³/mol. The maximum atomic E-state index is 5.73. The van der Waals surface area contributed by atoms with Gasteiger partial charge in [0, 0.05) is 0 Å². The van der Waals surface area contributed by atoms with E-state index in [1.165, 1.54) is 11.1 Å². The van der Waals surface area contributed by atoms with Crippen molar-refractivity contribution in [3.05, 3.63) is 35.4 Å². The quantitative estimate of drug-likeness (QED) is 0.824. The van der Waals surface area contributed by atoms with Crippen molar-refractivity contribution >= 4 is 0 Å². The summed E-state index contributed by atoms with van der Waals surface area (Å²) in [6.07, 6.45) is 2.27. The summed E-state index contributed by atoms with van der Waals surface area (Å²) < 4.78 is 0. The average molecular weight is 219 g/mol. The normalized spacial score (nSPS) is 13.8. The van der Waals surface area contributed by atoms with Crippen molar-refractivity contribution < 1.29 is 0 Å². The third kappa shape index (κ3) is 3.64. The minimum Gasteiger partial charge on any atom is -0.330 e. The molecule has 1 heteroatoms. The third-order valence-electron chi connectivity index (χ3n) is 3.26. The molecule has 0 bridgehead atoms. The van der Waals surface area contributed by atoms with Crippen LogP contribution in [0, 0.1) is 5.92 Å². The van der Waals surface area contributed by atoms with Crippen LogP contribution in [-0.4, -0.2) is 6.54 Å². The zero-order valence-electron chi connectivity index (χ0n) is 11.1. The molecule has 1 nitrogen and oxygen atoms in total. The molecule has 1 rings (SSSR count). The summed E-state index contributed by atoms with van der Waals surface area (Å²) in [5.41, 5.74) is 8.78. The molecule has 0 saturated carbocycles. The van der Waals surface area contributed by atoms with E-state index >= 15 is 0 Å². The van der Waals surface area contributed by atoms with E-state index in [1.807, 2.05) is 0 Å². The highest BCUT2D eigenvalue weighted by atomic mass is 14.5. The highest BCUT2D eigenvalue weighted by Gasteiger charge is 2.13. The summed E-state index contributed by atoms with van der Waals surface area (Å²) in [6.45, 7) is 9.74. The van der Waals surface area contributed by atoms with Crippen molar-refractivity contribution in [3.8, 4) is 0 Å². The highest BCUT2D eigenvalue weighted by Crippen LogP contribution is 2.23. The Bertz CT molecular complexity index is 301. The highest BCUT2D eigenvalue weighted by molar-refractivity contribution is 5.27. The van der Waals surface area contributed by atoms with E-state index < -0.39 is 0 Å². The van der Waals surface area contributed by atoms with Gasteiger partial charge in [-0.05, 0) is 35.4 Å². The van der Waals surface area contributed by atoms with Crippen LogP contribution in [0.4, 0.5) is 0 Å². The lowest BCUT2D eigenvalue weighted by molar-refractivity contribution is 0.518. The Morgan fingerprint density at radius 1 is 1.12 bits per heavy atom. The van der Waals surface area contributed by atoms with Crippen molar-refractivity contribution in [2.75, 3.05) is 6.54 Å². The van der Waals surface area contributed by atoms with Crippen LogP contribution < -0.4 is 5.73 Å². The Hall–Kier alpha value is -0.820. The minimum absolute atomic E-state index is 0.247. The standard InChI is InChI=1S/C15H25N/c1-5-12(11-16)10-13-6-8-14(9-7-13)15(2,3)4/h6-9,12H,5,10-11,16H2,1-4H3. The SMILES string of the molecule is CCC(CN)Cc1ccc(C(C)(C)C)cc1. The monoisotopic (exact) mass is 219 g/mol. The van der Waals surface area contributed by atoms with Gasteiger partial charge < -0.3 is 5.73 Å². The first-order valence-corrected chi connectivity index (χ1v) is 6.27. The lowest BCUT2D eigenvalue weighted by Gasteiger charge is -2.19. The second kappa shape index (κ2) is 5.49. The fraction of sp³-hybridized carbons (Fsp3) is 0.600. The predicted octanol–water partition coefficient (Wildman–Crippen LogP) is 3.51. The van der Waals surface area contributed by atoms with Crippen molar-refractivity contribution in [2.24, 2.45) is 11.7 Å². The summed E-state index contributed by atoms with van der Waals surface area (Å²) in [5, 5.41) is 0. The van der Waals surface area contributed by atoms with Gasteiger partial charge in [0.1, 0.15) is 0 Å². The average Bonchev–Trinajstić information content (AvgIpc) is 2.25. The number of benzene rings is 1. The molecule has 0 radical (unpaired) electrons. The molecule has 1 aromatic carbocycles. The van der Waals surface area contributed by atoms with Crippen molar-refractivity contribution in [2.45, 2.75) is 46.0 Å². The number of rotatable bonds is 4. The largest absolute Gasteiger partial charge is 0.330 e. The van der Waals surface area contributed by atoms with E-state index in [4.69, 9.17) is 5.73 Å². The second-order valence-corrected chi connectivity index (χ2v) is 5.66. The zero-order chi connectivity index (χ0) is 12.2. The summed E-state index contributed by atoms with van der Waals surface area (Å²) >= 11 is 0. The molecule has 0 heterocycles. The molecule has 0 saturated heterocycles. The van der Waals surface area contributed by atoms with Crippen LogP contribution in [0.5, 0.6) is 0 Å². The Kier molecular flexibility index (Phi) is 4.55. The smallest absolute Gasteiger partial charge is 0.00458 e. The fourth-order valence-corrected chi connectivity index (χ4v) is 1.87. The maximum absolute atomic E-state index is 5.73. The van der Waals surface area contributed by atoms with E-state index in [-0.39, 0.29) is 5.41 Å².